The van der Waals surface area contributed by atoms with Gasteiger partial charge >= 0.3 is 0 Å². The number of nitrogens with one attached hydrogen (secondary N) is 1. The van der Waals surface area contributed by atoms with E-state index < -0.39 is 0 Å². The Kier molecular flexibility index (Phi) is 7.60. The molecule has 0 bridgehead atoms. The Labute approximate surface area is 155 Å². The Morgan fingerprint density at radius 1 is 1.19 bits per heavy atom. The van der Waals surface area contributed by atoms with Crippen LogP contribution in [0.4, 0.5) is 0 Å². The monoisotopic (exact) mass is 362 g/mol. The molecule has 1 aromatic carbocycles. The average Bonchev–Trinajstić information content (AvgIpc) is 2.64. The number of amides is 1. The number of rotatable bonds is 9. The minimum absolute atomic E-state index is 0.00714. The van der Waals surface area contributed by atoms with Gasteiger partial charge in [-0.15, -0.1) is 0 Å². The van der Waals surface area contributed by atoms with E-state index in [0.29, 0.717) is 18.7 Å². The van der Waals surface area contributed by atoms with Crippen LogP contribution >= 0.6 is 0 Å². The summed E-state index contributed by atoms with van der Waals surface area (Å²) in [6.07, 6.45) is 3.08. The molecule has 1 fully saturated rings. The molecule has 0 aromatic heterocycles. The zero-order valence-electron chi connectivity index (χ0n) is 16.0. The number of ether oxygens (including phenoxy) is 2. The summed E-state index contributed by atoms with van der Waals surface area (Å²) in [5, 5.41) is 2.99. The van der Waals surface area contributed by atoms with Gasteiger partial charge in [0.1, 0.15) is 11.5 Å². The Hall–Kier alpha value is -1.92. The first-order valence-corrected chi connectivity index (χ1v) is 9.14. The number of carbonyl (C=O) groups is 2. The van der Waals surface area contributed by atoms with Crippen LogP contribution in [0.2, 0.25) is 0 Å². The van der Waals surface area contributed by atoms with Crippen LogP contribution in [-0.2, 0) is 20.7 Å². The Morgan fingerprint density at radius 2 is 1.85 bits per heavy atom. The third-order valence-electron chi connectivity index (χ3n) is 5.05. The molecule has 1 N–H and O–H groups in total. The molecule has 1 aliphatic rings. The minimum atomic E-state index is -0.127. The SMILES string of the molecule is CC(=O)CCc1ccc(OCC(=O)NCC2(N(C)C)CCOCC2)cc1. The normalized spacial score (nSPS) is 16.3. The fourth-order valence-electron chi connectivity index (χ4n) is 3.07. The van der Waals surface area contributed by atoms with Crippen LogP contribution in [0.5, 0.6) is 5.75 Å². The van der Waals surface area contributed by atoms with Crippen LogP contribution in [0.15, 0.2) is 24.3 Å². The highest BCUT2D eigenvalue weighted by molar-refractivity contribution is 5.77. The predicted molar refractivity (Wildman–Crippen MR) is 100 cm³/mol. The number of hydrogen-bond donors (Lipinski definition) is 1. The van der Waals surface area contributed by atoms with Crippen LogP contribution < -0.4 is 10.1 Å². The molecule has 6 heteroatoms. The number of hydrogen-bond acceptors (Lipinski definition) is 5. The molecule has 144 valence electrons. The van der Waals surface area contributed by atoms with Gasteiger partial charge in [-0.1, -0.05) is 12.1 Å². The van der Waals surface area contributed by atoms with E-state index in [9.17, 15) is 9.59 Å². The summed E-state index contributed by atoms with van der Waals surface area (Å²) in [5.74, 6) is 0.709. The molecule has 0 radical (unpaired) electrons. The lowest BCUT2D eigenvalue weighted by atomic mass is 9.88. The maximum absolute atomic E-state index is 12.1. The lowest BCUT2D eigenvalue weighted by Gasteiger charge is -2.42. The van der Waals surface area contributed by atoms with E-state index in [1.807, 2.05) is 38.4 Å². The van der Waals surface area contributed by atoms with Crippen LogP contribution in [0.1, 0.15) is 31.7 Å². The van der Waals surface area contributed by atoms with Crippen molar-refractivity contribution >= 4 is 11.7 Å². The molecule has 0 unspecified atom stereocenters. The topological polar surface area (TPSA) is 67.9 Å². The van der Waals surface area contributed by atoms with Crippen LogP contribution in [-0.4, -0.2) is 62.6 Å². The Morgan fingerprint density at radius 3 is 2.42 bits per heavy atom. The van der Waals surface area contributed by atoms with Crippen molar-refractivity contribution in [1.82, 2.24) is 10.2 Å². The van der Waals surface area contributed by atoms with Gasteiger partial charge in [0.25, 0.3) is 5.91 Å². The first-order valence-electron chi connectivity index (χ1n) is 9.14. The van der Waals surface area contributed by atoms with Crippen molar-refractivity contribution in [3.8, 4) is 5.75 Å². The molecule has 0 spiro atoms. The van der Waals surface area contributed by atoms with Gasteiger partial charge in [0.15, 0.2) is 6.61 Å². The number of Topliss-reactive ketones (excluding diaryl/α,β-unsaturated/α-hetero) is 1. The number of aryl methyl sites for hydroxylation is 1. The minimum Gasteiger partial charge on any atom is -0.484 e. The molecule has 2 rings (SSSR count). The van der Waals surface area contributed by atoms with Crippen molar-refractivity contribution in [1.29, 1.82) is 0 Å². The third-order valence-corrected chi connectivity index (χ3v) is 5.05. The zero-order valence-corrected chi connectivity index (χ0v) is 16.0. The van der Waals surface area contributed by atoms with Crippen molar-refractivity contribution in [2.45, 2.75) is 38.1 Å². The first-order chi connectivity index (χ1) is 12.4. The second-order valence-corrected chi connectivity index (χ2v) is 7.14. The van der Waals surface area contributed by atoms with Crippen molar-refractivity contribution in [3.05, 3.63) is 29.8 Å². The smallest absolute Gasteiger partial charge is 0.258 e. The predicted octanol–water partition coefficient (Wildman–Crippen LogP) is 1.81. The molecular weight excluding hydrogens is 332 g/mol. The first kappa shape index (κ1) is 20.4. The van der Waals surface area contributed by atoms with Crippen LogP contribution in [0, 0.1) is 0 Å². The van der Waals surface area contributed by atoms with Crippen LogP contribution in [0.25, 0.3) is 0 Å². The van der Waals surface area contributed by atoms with Crippen LogP contribution in [0.3, 0.4) is 0 Å². The zero-order chi connectivity index (χ0) is 19.0. The van der Waals surface area contributed by atoms with Gasteiger partial charge in [0, 0.05) is 31.7 Å². The summed E-state index contributed by atoms with van der Waals surface area (Å²) in [6, 6.07) is 7.53. The lowest BCUT2D eigenvalue weighted by Crippen LogP contribution is -2.56. The molecule has 1 heterocycles. The summed E-state index contributed by atoms with van der Waals surface area (Å²) in [5.41, 5.74) is 1.04. The number of ketones is 1. The van der Waals surface area contributed by atoms with Gasteiger partial charge in [0.2, 0.25) is 0 Å². The van der Waals surface area contributed by atoms with E-state index in [4.69, 9.17) is 9.47 Å². The molecule has 1 aromatic rings. The molecular formula is C20H30N2O4. The molecule has 0 aliphatic carbocycles. The van der Waals surface area contributed by atoms with E-state index in [1.165, 1.54) is 0 Å². The highest BCUT2D eigenvalue weighted by Gasteiger charge is 2.35. The molecule has 1 aliphatic heterocycles. The molecule has 1 saturated heterocycles. The number of benzene rings is 1. The number of nitrogens with zero attached hydrogens (tertiary/aromatic N) is 1. The molecule has 26 heavy (non-hydrogen) atoms. The van der Waals surface area contributed by atoms with Gasteiger partial charge in [-0.3, -0.25) is 4.79 Å². The highest BCUT2D eigenvalue weighted by Crippen LogP contribution is 2.25. The van der Waals surface area contributed by atoms with Crippen molar-refractivity contribution in [2.24, 2.45) is 0 Å². The largest absolute Gasteiger partial charge is 0.484 e. The van der Waals surface area contributed by atoms with E-state index in [0.717, 1.165) is 38.0 Å². The van der Waals surface area contributed by atoms with E-state index >= 15 is 0 Å². The van der Waals surface area contributed by atoms with Gasteiger partial charge in [-0.05, 0) is 58.0 Å². The average molecular weight is 362 g/mol. The van der Waals surface area contributed by atoms with Gasteiger partial charge in [-0.25, -0.2) is 0 Å². The molecule has 1 amide bonds. The number of likely N-dealkylation sites (N-methyl/N-ethyl adjacent to an activating group) is 1. The van der Waals surface area contributed by atoms with Gasteiger partial charge in [0.05, 0.1) is 0 Å². The second-order valence-electron chi connectivity index (χ2n) is 7.14. The van der Waals surface area contributed by atoms with Gasteiger partial charge < -0.3 is 24.5 Å². The summed E-state index contributed by atoms with van der Waals surface area (Å²) < 4.78 is 11.0. The summed E-state index contributed by atoms with van der Waals surface area (Å²) in [4.78, 5) is 25.3. The van der Waals surface area contributed by atoms with E-state index in [2.05, 4.69) is 10.2 Å². The summed E-state index contributed by atoms with van der Waals surface area (Å²) in [6.45, 7) is 3.63. The van der Waals surface area contributed by atoms with Crippen molar-refractivity contribution < 1.29 is 19.1 Å². The lowest BCUT2D eigenvalue weighted by molar-refractivity contribution is -0.124. The quantitative estimate of drug-likeness (QED) is 0.726. The Balaban J connectivity index is 1.76. The third kappa shape index (κ3) is 6.11. The molecule has 6 nitrogen and oxygen atoms in total. The standard InChI is InChI=1S/C20H30N2O4/c1-16(23)4-5-17-6-8-18(9-7-17)26-14-19(24)21-15-20(22(2)3)10-12-25-13-11-20/h6-9H,4-5,10-15H2,1-3H3,(H,21,24). The van der Waals surface area contributed by atoms with Gasteiger partial charge in [-0.2, -0.15) is 0 Å². The van der Waals surface area contributed by atoms with E-state index in [1.54, 1.807) is 6.92 Å². The highest BCUT2D eigenvalue weighted by atomic mass is 16.5. The Bertz CT molecular complexity index is 592. The van der Waals surface area contributed by atoms with E-state index in [-0.39, 0.29) is 23.8 Å². The molecule has 0 atom stereocenters. The number of carbonyl (C=O) groups excluding carboxylic acids is 2. The fourth-order valence-corrected chi connectivity index (χ4v) is 3.07. The molecule has 0 saturated carbocycles. The fraction of sp³-hybridized carbons (Fsp3) is 0.600. The maximum Gasteiger partial charge on any atom is 0.258 e. The maximum atomic E-state index is 12.1. The second kappa shape index (κ2) is 9.69. The van der Waals surface area contributed by atoms with Crippen molar-refractivity contribution in [2.75, 3.05) is 40.5 Å². The summed E-state index contributed by atoms with van der Waals surface area (Å²) in [7, 11) is 4.09. The van der Waals surface area contributed by atoms with Crippen molar-refractivity contribution in [3.63, 3.8) is 0 Å². The summed E-state index contributed by atoms with van der Waals surface area (Å²) >= 11 is 0.